The molecule has 3 aromatic rings. The van der Waals surface area contributed by atoms with Crippen LogP contribution in [0.2, 0.25) is 0 Å². The molecule has 0 spiro atoms. The number of aryl methyl sites for hydroxylation is 2. The molecular formula is C29H36N6O3S. The molecule has 39 heavy (non-hydrogen) atoms. The second-order valence-electron chi connectivity index (χ2n) is 9.90. The summed E-state index contributed by atoms with van der Waals surface area (Å²) in [5.74, 6) is 0.131. The number of hydrogen-bond donors (Lipinski definition) is 1. The molecule has 0 unspecified atom stereocenters. The van der Waals surface area contributed by atoms with Crippen LogP contribution in [0.25, 0.3) is 0 Å². The van der Waals surface area contributed by atoms with Crippen LogP contribution in [0.1, 0.15) is 37.4 Å². The Balaban J connectivity index is 1.57. The van der Waals surface area contributed by atoms with Crippen molar-refractivity contribution in [2.45, 2.75) is 45.7 Å². The van der Waals surface area contributed by atoms with Gasteiger partial charge in [0, 0.05) is 50.8 Å². The van der Waals surface area contributed by atoms with E-state index in [1.54, 1.807) is 33.8 Å². The predicted octanol–water partition coefficient (Wildman–Crippen LogP) is 4.50. The van der Waals surface area contributed by atoms with Gasteiger partial charge >= 0.3 is 0 Å². The first-order valence-electron chi connectivity index (χ1n) is 13.1. The highest BCUT2D eigenvalue weighted by molar-refractivity contribution is 7.80. The van der Waals surface area contributed by atoms with Gasteiger partial charge in [0.25, 0.3) is 5.91 Å². The number of thiocarbonyl (C=S) groups is 1. The van der Waals surface area contributed by atoms with Crippen LogP contribution in [-0.2, 0) is 23.2 Å². The van der Waals surface area contributed by atoms with Crippen molar-refractivity contribution in [2.24, 2.45) is 7.05 Å². The molecule has 2 aromatic carbocycles. The summed E-state index contributed by atoms with van der Waals surface area (Å²) in [6.45, 7) is 4.99. The van der Waals surface area contributed by atoms with E-state index in [1.807, 2.05) is 63.4 Å². The zero-order chi connectivity index (χ0) is 28.1. The molecule has 0 radical (unpaired) electrons. The first-order chi connectivity index (χ1) is 18.7. The van der Waals surface area contributed by atoms with E-state index in [4.69, 9.17) is 17.0 Å². The van der Waals surface area contributed by atoms with Gasteiger partial charge in [0.05, 0.1) is 24.4 Å². The van der Waals surface area contributed by atoms with Gasteiger partial charge in [-0.25, -0.2) is 4.90 Å². The average Bonchev–Trinajstić information content (AvgIpc) is 3.38. The molecule has 2 amide bonds. The van der Waals surface area contributed by atoms with Crippen molar-refractivity contribution in [1.82, 2.24) is 14.7 Å². The lowest BCUT2D eigenvalue weighted by Crippen LogP contribution is -2.46. The highest BCUT2D eigenvalue weighted by Gasteiger charge is 2.44. The van der Waals surface area contributed by atoms with Crippen LogP contribution in [0.15, 0.2) is 54.7 Å². The highest BCUT2D eigenvalue weighted by atomic mass is 32.1. The lowest BCUT2D eigenvalue weighted by atomic mass is 10.1. The second-order valence-corrected chi connectivity index (χ2v) is 10.3. The molecule has 10 heteroatoms. The molecule has 2 heterocycles. The number of unbranched alkanes of at least 4 members (excludes halogenated alkanes) is 1. The second kappa shape index (κ2) is 12.3. The summed E-state index contributed by atoms with van der Waals surface area (Å²) >= 11 is 5.82. The number of carbonyl (C=O) groups is 2. The van der Waals surface area contributed by atoms with Crippen LogP contribution in [-0.4, -0.2) is 58.4 Å². The third-order valence-corrected chi connectivity index (χ3v) is 7.05. The predicted molar refractivity (Wildman–Crippen MR) is 158 cm³/mol. The van der Waals surface area contributed by atoms with Crippen molar-refractivity contribution in [3.63, 3.8) is 0 Å². The Kier molecular flexibility index (Phi) is 8.86. The van der Waals surface area contributed by atoms with Gasteiger partial charge in [0.2, 0.25) is 5.91 Å². The van der Waals surface area contributed by atoms with Gasteiger partial charge in [-0.05, 0) is 74.1 Å². The first kappa shape index (κ1) is 28.1. The van der Waals surface area contributed by atoms with Crippen molar-refractivity contribution in [3.8, 4) is 5.75 Å². The third kappa shape index (κ3) is 6.57. The van der Waals surface area contributed by atoms with Crippen LogP contribution in [0.3, 0.4) is 0 Å². The van der Waals surface area contributed by atoms with Gasteiger partial charge in [-0.15, -0.1) is 0 Å². The molecule has 0 aliphatic carbocycles. The minimum atomic E-state index is -0.751. The minimum Gasteiger partial charge on any atom is -0.494 e. The van der Waals surface area contributed by atoms with Crippen LogP contribution < -0.4 is 19.9 Å². The molecule has 1 aliphatic rings. The summed E-state index contributed by atoms with van der Waals surface area (Å²) in [4.78, 5) is 31.9. The molecule has 1 N–H and O–H groups in total. The maximum absolute atomic E-state index is 13.7. The summed E-state index contributed by atoms with van der Waals surface area (Å²) in [5, 5.41) is 8.07. The fraction of sp³-hybridized carbons (Fsp3) is 0.379. The van der Waals surface area contributed by atoms with E-state index in [9.17, 15) is 9.59 Å². The van der Waals surface area contributed by atoms with Crippen molar-refractivity contribution in [2.75, 3.05) is 35.8 Å². The molecule has 0 saturated carbocycles. The Hall–Kier alpha value is -3.92. The third-order valence-electron chi connectivity index (χ3n) is 6.71. The number of hydrogen-bond acceptors (Lipinski definition) is 6. The van der Waals surface area contributed by atoms with E-state index in [0.717, 1.165) is 35.5 Å². The number of ether oxygens (including phenoxy) is 1. The number of nitrogens with zero attached hydrogens (tertiary/aromatic N) is 5. The van der Waals surface area contributed by atoms with Crippen LogP contribution >= 0.6 is 12.2 Å². The number of benzene rings is 2. The van der Waals surface area contributed by atoms with E-state index in [-0.39, 0.29) is 18.2 Å². The van der Waals surface area contributed by atoms with Gasteiger partial charge < -0.3 is 19.9 Å². The van der Waals surface area contributed by atoms with E-state index < -0.39 is 6.04 Å². The summed E-state index contributed by atoms with van der Waals surface area (Å²) in [6, 6.07) is 14.2. The SMILES string of the molecule is CCCCOc1ccc(N2C(=O)C[C@H](N(Cc3cn(C)nc3C)C(=S)Nc3ccc(N(C)C)cc3)C2=O)cc1. The summed E-state index contributed by atoms with van der Waals surface area (Å²) in [5.41, 5.74) is 4.14. The number of aromatic nitrogens is 2. The number of amides is 2. The highest BCUT2D eigenvalue weighted by Crippen LogP contribution is 2.29. The standard InChI is InChI=1S/C29H36N6O3S/c1-6-7-16-38-25-14-12-24(13-15-25)35-27(36)17-26(28(35)37)34(19-21-18-33(5)31-20(21)2)29(39)30-22-8-10-23(11-9-22)32(3)4/h8-15,18,26H,6-7,16-17,19H2,1-5H3,(H,30,39)/t26-/m0/s1. The molecule has 206 valence electrons. The summed E-state index contributed by atoms with van der Waals surface area (Å²) in [7, 11) is 5.81. The fourth-order valence-corrected chi connectivity index (χ4v) is 4.82. The van der Waals surface area contributed by atoms with E-state index in [0.29, 0.717) is 29.7 Å². The van der Waals surface area contributed by atoms with Crippen LogP contribution in [0.4, 0.5) is 17.1 Å². The topological polar surface area (TPSA) is 82.9 Å². The van der Waals surface area contributed by atoms with Gasteiger partial charge in [-0.2, -0.15) is 5.10 Å². The average molecular weight is 549 g/mol. The van der Waals surface area contributed by atoms with E-state index in [1.165, 1.54) is 4.90 Å². The van der Waals surface area contributed by atoms with Gasteiger partial charge in [0.15, 0.2) is 5.11 Å². The quantitative estimate of drug-likeness (QED) is 0.225. The minimum absolute atomic E-state index is 0.0221. The molecule has 0 bridgehead atoms. The molecule has 1 aromatic heterocycles. The molecule has 1 aliphatic heterocycles. The van der Waals surface area contributed by atoms with Crippen molar-refractivity contribution in [1.29, 1.82) is 0 Å². The number of imide groups is 1. The fourth-order valence-electron chi connectivity index (χ4n) is 4.51. The number of rotatable bonds is 10. The molecule has 1 saturated heterocycles. The first-order valence-corrected chi connectivity index (χ1v) is 13.5. The molecule has 1 fully saturated rings. The Morgan fingerprint density at radius 1 is 1.13 bits per heavy atom. The maximum Gasteiger partial charge on any atom is 0.257 e. The normalized spacial score (nSPS) is 15.0. The van der Waals surface area contributed by atoms with E-state index in [2.05, 4.69) is 17.3 Å². The number of anilines is 3. The Morgan fingerprint density at radius 3 is 2.41 bits per heavy atom. The maximum atomic E-state index is 13.7. The summed E-state index contributed by atoms with van der Waals surface area (Å²) < 4.78 is 7.47. The van der Waals surface area contributed by atoms with Gasteiger partial charge in [0.1, 0.15) is 11.8 Å². The van der Waals surface area contributed by atoms with Crippen molar-refractivity contribution < 1.29 is 14.3 Å². The van der Waals surface area contributed by atoms with Crippen LogP contribution in [0, 0.1) is 6.92 Å². The lowest BCUT2D eigenvalue weighted by molar-refractivity contribution is -0.122. The largest absolute Gasteiger partial charge is 0.494 e. The van der Waals surface area contributed by atoms with Crippen molar-refractivity contribution in [3.05, 3.63) is 66.0 Å². The molecule has 1 atom stereocenters. The smallest absolute Gasteiger partial charge is 0.257 e. The molecule has 9 nitrogen and oxygen atoms in total. The van der Waals surface area contributed by atoms with Crippen LogP contribution in [0.5, 0.6) is 5.75 Å². The zero-order valence-electron chi connectivity index (χ0n) is 23.2. The molecular weight excluding hydrogens is 512 g/mol. The Labute approximate surface area is 235 Å². The van der Waals surface area contributed by atoms with Gasteiger partial charge in [-0.3, -0.25) is 14.3 Å². The number of carbonyl (C=O) groups excluding carboxylic acids is 2. The lowest BCUT2D eigenvalue weighted by Gasteiger charge is -2.30. The monoisotopic (exact) mass is 548 g/mol. The summed E-state index contributed by atoms with van der Waals surface area (Å²) in [6.07, 6.45) is 3.94. The zero-order valence-corrected chi connectivity index (χ0v) is 24.0. The number of nitrogens with one attached hydrogen (secondary N) is 1. The van der Waals surface area contributed by atoms with Crippen molar-refractivity contribution >= 4 is 46.2 Å². The van der Waals surface area contributed by atoms with Gasteiger partial charge in [-0.1, -0.05) is 13.3 Å². The Bertz CT molecular complexity index is 1320. The van der Waals surface area contributed by atoms with E-state index >= 15 is 0 Å². The Morgan fingerprint density at radius 2 is 1.82 bits per heavy atom. The molecule has 4 rings (SSSR count).